The lowest BCUT2D eigenvalue weighted by Gasteiger charge is -2.00. The lowest BCUT2D eigenvalue weighted by molar-refractivity contribution is 0.768. The second kappa shape index (κ2) is 3.20. The number of aromatic nitrogens is 4. The molecule has 3 rings (SSSR count). The monoisotopic (exact) mass is 212 g/mol. The van der Waals surface area contributed by atoms with Gasteiger partial charge in [0.15, 0.2) is 0 Å². The maximum atomic E-state index is 4.19. The Kier molecular flexibility index (Phi) is 1.83. The summed E-state index contributed by atoms with van der Waals surface area (Å²) < 4.78 is 3.97. The molecule has 0 spiro atoms. The molecule has 0 aliphatic carbocycles. The molecular formula is C12H12N4. The number of rotatable bonds is 1. The maximum Gasteiger partial charge on any atom is 0.0583 e. The fourth-order valence-electron chi connectivity index (χ4n) is 2.02. The lowest BCUT2D eigenvalue weighted by Crippen LogP contribution is -1.90. The molecule has 0 saturated heterocycles. The zero-order chi connectivity index (χ0) is 11.1. The lowest BCUT2D eigenvalue weighted by atomic mass is 10.2. The normalized spacial score (nSPS) is 11.1. The summed E-state index contributed by atoms with van der Waals surface area (Å²) in [6, 6.07) is 4.16. The number of fused-ring (bicyclic) bond motifs is 1. The first-order chi connectivity index (χ1) is 7.75. The Morgan fingerprint density at radius 3 is 2.75 bits per heavy atom. The first kappa shape index (κ1) is 9.15. The minimum atomic E-state index is 1.13. The SMILES string of the molecule is Cn1cc(-c2cc3cnccc3n2C)cn1. The van der Waals surface area contributed by atoms with Crippen molar-refractivity contribution in [3.63, 3.8) is 0 Å². The quantitative estimate of drug-likeness (QED) is 0.618. The van der Waals surface area contributed by atoms with E-state index >= 15 is 0 Å². The van der Waals surface area contributed by atoms with E-state index < -0.39 is 0 Å². The van der Waals surface area contributed by atoms with Crippen LogP contribution in [0.5, 0.6) is 0 Å². The van der Waals surface area contributed by atoms with Gasteiger partial charge in [0, 0.05) is 43.6 Å². The fourth-order valence-corrected chi connectivity index (χ4v) is 2.02. The van der Waals surface area contributed by atoms with E-state index in [2.05, 4.69) is 27.8 Å². The van der Waals surface area contributed by atoms with Gasteiger partial charge in [-0.15, -0.1) is 0 Å². The molecule has 0 aliphatic rings. The molecule has 0 N–H and O–H groups in total. The second-order valence-corrected chi connectivity index (χ2v) is 3.93. The number of hydrogen-bond acceptors (Lipinski definition) is 2. The van der Waals surface area contributed by atoms with Crippen LogP contribution in [0, 0.1) is 0 Å². The molecule has 0 atom stereocenters. The van der Waals surface area contributed by atoms with Crippen molar-refractivity contribution in [1.82, 2.24) is 19.3 Å². The Bertz CT molecular complexity index is 648. The molecule has 80 valence electrons. The molecular weight excluding hydrogens is 200 g/mol. The smallest absolute Gasteiger partial charge is 0.0583 e. The molecule has 3 aromatic rings. The largest absolute Gasteiger partial charge is 0.343 e. The molecule has 0 amide bonds. The molecule has 0 saturated carbocycles. The molecule has 0 aromatic carbocycles. The van der Waals surface area contributed by atoms with Crippen molar-refractivity contribution in [3.8, 4) is 11.3 Å². The number of pyridine rings is 1. The van der Waals surface area contributed by atoms with Gasteiger partial charge in [0.2, 0.25) is 0 Å². The van der Waals surface area contributed by atoms with E-state index in [0.717, 1.165) is 16.6 Å². The molecule has 0 fully saturated rings. The zero-order valence-electron chi connectivity index (χ0n) is 9.25. The summed E-state index contributed by atoms with van der Waals surface area (Å²) in [4.78, 5) is 4.13. The van der Waals surface area contributed by atoms with Gasteiger partial charge in [0.1, 0.15) is 0 Å². The number of nitrogens with zero attached hydrogens (tertiary/aromatic N) is 4. The van der Waals surface area contributed by atoms with E-state index in [9.17, 15) is 0 Å². The zero-order valence-corrected chi connectivity index (χ0v) is 9.25. The average Bonchev–Trinajstić information content (AvgIpc) is 2.84. The summed E-state index contributed by atoms with van der Waals surface area (Å²) in [6.45, 7) is 0. The highest BCUT2D eigenvalue weighted by Gasteiger charge is 2.08. The summed E-state index contributed by atoms with van der Waals surface area (Å²) in [5, 5.41) is 5.35. The van der Waals surface area contributed by atoms with Gasteiger partial charge in [0.05, 0.1) is 17.4 Å². The molecule has 0 aliphatic heterocycles. The van der Waals surface area contributed by atoms with Gasteiger partial charge in [-0.05, 0) is 12.1 Å². The van der Waals surface area contributed by atoms with Crippen molar-refractivity contribution in [2.75, 3.05) is 0 Å². The van der Waals surface area contributed by atoms with Crippen molar-refractivity contribution in [2.24, 2.45) is 14.1 Å². The Hall–Kier alpha value is -2.10. The highest BCUT2D eigenvalue weighted by atomic mass is 15.2. The molecule has 4 heteroatoms. The summed E-state index contributed by atoms with van der Waals surface area (Å²) in [5.41, 5.74) is 3.48. The van der Waals surface area contributed by atoms with Crippen LogP contribution in [0.15, 0.2) is 36.9 Å². The van der Waals surface area contributed by atoms with Crippen molar-refractivity contribution in [3.05, 3.63) is 36.9 Å². The predicted molar refractivity (Wildman–Crippen MR) is 62.9 cm³/mol. The Balaban J connectivity index is 2.28. The van der Waals surface area contributed by atoms with Crippen LogP contribution in [0.4, 0.5) is 0 Å². The summed E-state index contributed by atoms with van der Waals surface area (Å²) >= 11 is 0. The minimum absolute atomic E-state index is 1.13. The van der Waals surface area contributed by atoms with E-state index in [1.807, 2.05) is 42.6 Å². The van der Waals surface area contributed by atoms with Crippen LogP contribution in [0.3, 0.4) is 0 Å². The van der Waals surface area contributed by atoms with Crippen LogP contribution < -0.4 is 0 Å². The van der Waals surface area contributed by atoms with Crippen LogP contribution in [-0.4, -0.2) is 19.3 Å². The topological polar surface area (TPSA) is 35.6 Å². The Labute approximate surface area is 93.1 Å². The first-order valence-corrected chi connectivity index (χ1v) is 5.14. The highest BCUT2D eigenvalue weighted by Crippen LogP contribution is 2.25. The van der Waals surface area contributed by atoms with Gasteiger partial charge in [-0.2, -0.15) is 5.10 Å². The van der Waals surface area contributed by atoms with Crippen LogP contribution in [-0.2, 0) is 14.1 Å². The summed E-state index contributed by atoms with van der Waals surface area (Å²) in [5.74, 6) is 0. The number of hydrogen-bond donors (Lipinski definition) is 0. The van der Waals surface area contributed by atoms with Crippen LogP contribution in [0.1, 0.15) is 0 Å². The van der Waals surface area contributed by atoms with Gasteiger partial charge in [-0.25, -0.2) is 0 Å². The van der Waals surface area contributed by atoms with Gasteiger partial charge in [-0.3, -0.25) is 9.67 Å². The summed E-state index contributed by atoms with van der Waals surface area (Å²) in [7, 11) is 3.98. The van der Waals surface area contributed by atoms with Gasteiger partial charge >= 0.3 is 0 Å². The van der Waals surface area contributed by atoms with E-state index in [1.54, 1.807) is 0 Å². The van der Waals surface area contributed by atoms with Crippen molar-refractivity contribution >= 4 is 10.9 Å². The molecule has 4 nitrogen and oxygen atoms in total. The van der Waals surface area contributed by atoms with Crippen molar-refractivity contribution in [2.45, 2.75) is 0 Å². The third-order valence-corrected chi connectivity index (χ3v) is 2.84. The van der Waals surface area contributed by atoms with Gasteiger partial charge in [0.25, 0.3) is 0 Å². The maximum absolute atomic E-state index is 4.19. The first-order valence-electron chi connectivity index (χ1n) is 5.14. The van der Waals surface area contributed by atoms with Crippen LogP contribution >= 0.6 is 0 Å². The van der Waals surface area contributed by atoms with E-state index in [1.165, 1.54) is 5.52 Å². The van der Waals surface area contributed by atoms with E-state index in [4.69, 9.17) is 0 Å². The Morgan fingerprint density at radius 1 is 1.19 bits per heavy atom. The fraction of sp³-hybridized carbons (Fsp3) is 0.167. The van der Waals surface area contributed by atoms with Crippen molar-refractivity contribution in [1.29, 1.82) is 0 Å². The molecule has 0 radical (unpaired) electrons. The van der Waals surface area contributed by atoms with Crippen molar-refractivity contribution < 1.29 is 0 Å². The molecule has 16 heavy (non-hydrogen) atoms. The van der Waals surface area contributed by atoms with Gasteiger partial charge in [-0.1, -0.05) is 0 Å². The molecule has 3 heterocycles. The third kappa shape index (κ3) is 1.23. The number of aryl methyl sites for hydroxylation is 2. The molecule has 0 unspecified atom stereocenters. The Morgan fingerprint density at radius 2 is 2.06 bits per heavy atom. The third-order valence-electron chi connectivity index (χ3n) is 2.84. The van der Waals surface area contributed by atoms with Crippen LogP contribution in [0.2, 0.25) is 0 Å². The predicted octanol–water partition coefficient (Wildman–Crippen LogP) is 1.97. The van der Waals surface area contributed by atoms with Gasteiger partial charge < -0.3 is 4.57 Å². The van der Waals surface area contributed by atoms with Crippen LogP contribution in [0.25, 0.3) is 22.2 Å². The van der Waals surface area contributed by atoms with E-state index in [-0.39, 0.29) is 0 Å². The average molecular weight is 212 g/mol. The minimum Gasteiger partial charge on any atom is -0.343 e. The standard InChI is InChI=1S/C12H12N4/c1-15-8-10(7-14-15)12-5-9-6-13-4-3-11(9)16(12)2/h3-8H,1-2H3. The molecule has 0 bridgehead atoms. The molecule has 3 aromatic heterocycles. The highest BCUT2D eigenvalue weighted by molar-refractivity contribution is 5.85. The second-order valence-electron chi connectivity index (χ2n) is 3.93. The van der Waals surface area contributed by atoms with E-state index in [0.29, 0.717) is 0 Å². The summed E-state index contributed by atoms with van der Waals surface area (Å²) in [6.07, 6.45) is 7.59.